The predicted octanol–water partition coefficient (Wildman–Crippen LogP) is 4.59. The van der Waals surface area contributed by atoms with E-state index in [1.807, 2.05) is 6.92 Å². The van der Waals surface area contributed by atoms with Crippen molar-refractivity contribution in [1.29, 1.82) is 0 Å². The number of allylic oxidation sites excluding steroid dienone is 1. The Bertz CT molecular complexity index is 247. The molecule has 0 aromatic carbocycles. The summed E-state index contributed by atoms with van der Waals surface area (Å²) in [6.45, 7) is 8.81. The Hall–Kier alpha value is -0.440. The standard InChI is InChI=1S/C15H28O2S/c1-5-7-8-9-10-11-14(12-18-13(3)4)15(16)17-6-2/h11,13H,5-10,12H2,1-4H3/b14-11+. The number of carbonyl (C=O) groups excluding carboxylic acids is 1. The van der Waals surface area contributed by atoms with Crippen molar-refractivity contribution >= 4 is 17.7 Å². The minimum Gasteiger partial charge on any atom is -0.463 e. The van der Waals surface area contributed by atoms with Gasteiger partial charge < -0.3 is 4.74 Å². The van der Waals surface area contributed by atoms with E-state index in [1.165, 1.54) is 25.7 Å². The van der Waals surface area contributed by atoms with Crippen molar-refractivity contribution in [2.75, 3.05) is 12.4 Å². The van der Waals surface area contributed by atoms with E-state index in [9.17, 15) is 4.79 Å². The highest BCUT2D eigenvalue weighted by atomic mass is 32.2. The summed E-state index contributed by atoms with van der Waals surface area (Å²) in [6.07, 6.45) is 8.01. The maximum atomic E-state index is 11.8. The molecule has 2 nitrogen and oxygen atoms in total. The fourth-order valence-electron chi connectivity index (χ4n) is 1.53. The first-order valence-corrected chi connectivity index (χ1v) is 8.14. The number of hydrogen-bond acceptors (Lipinski definition) is 3. The van der Waals surface area contributed by atoms with Crippen LogP contribution in [0.3, 0.4) is 0 Å². The number of carbonyl (C=O) groups is 1. The molecule has 106 valence electrons. The molecule has 0 aliphatic heterocycles. The van der Waals surface area contributed by atoms with Crippen LogP contribution in [0.25, 0.3) is 0 Å². The van der Waals surface area contributed by atoms with Gasteiger partial charge in [0.1, 0.15) is 0 Å². The highest BCUT2D eigenvalue weighted by molar-refractivity contribution is 8.00. The zero-order valence-electron chi connectivity index (χ0n) is 12.3. The lowest BCUT2D eigenvalue weighted by molar-refractivity contribution is -0.138. The monoisotopic (exact) mass is 272 g/mol. The third-order valence-electron chi connectivity index (χ3n) is 2.56. The summed E-state index contributed by atoms with van der Waals surface area (Å²) in [5, 5.41) is 0.544. The van der Waals surface area contributed by atoms with E-state index in [1.54, 1.807) is 11.8 Å². The molecule has 0 saturated heterocycles. The van der Waals surface area contributed by atoms with Crippen LogP contribution in [-0.4, -0.2) is 23.6 Å². The van der Waals surface area contributed by atoms with Crippen LogP contribution in [0.15, 0.2) is 11.6 Å². The SMILES string of the molecule is CCCCCC/C=C(\CSC(C)C)C(=O)OCC. The predicted molar refractivity (Wildman–Crippen MR) is 81.1 cm³/mol. The molecule has 0 aromatic rings. The van der Waals surface area contributed by atoms with Crippen molar-refractivity contribution in [2.45, 2.75) is 65.0 Å². The number of hydrogen-bond donors (Lipinski definition) is 0. The summed E-state index contributed by atoms with van der Waals surface area (Å²) in [4.78, 5) is 11.8. The lowest BCUT2D eigenvalue weighted by atomic mass is 10.1. The average Bonchev–Trinajstić information content (AvgIpc) is 2.32. The number of rotatable bonds is 10. The summed E-state index contributed by atoms with van der Waals surface area (Å²) in [6, 6.07) is 0. The quantitative estimate of drug-likeness (QED) is 0.330. The van der Waals surface area contributed by atoms with Crippen molar-refractivity contribution in [1.82, 2.24) is 0 Å². The van der Waals surface area contributed by atoms with Gasteiger partial charge in [-0.25, -0.2) is 4.79 Å². The molecule has 0 unspecified atom stereocenters. The molecule has 0 rings (SSSR count). The zero-order valence-corrected chi connectivity index (χ0v) is 13.1. The Labute approximate surface area is 117 Å². The number of esters is 1. The van der Waals surface area contributed by atoms with Gasteiger partial charge in [-0.05, 0) is 25.0 Å². The molecule has 0 spiro atoms. The van der Waals surface area contributed by atoms with Gasteiger partial charge in [-0.2, -0.15) is 11.8 Å². The van der Waals surface area contributed by atoms with E-state index in [4.69, 9.17) is 4.74 Å². The van der Waals surface area contributed by atoms with Gasteiger partial charge in [0.25, 0.3) is 0 Å². The summed E-state index contributed by atoms with van der Waals surface area (Å²) >= 11 is 1.79. The second-order valence-corrected chi connectivity index (χ2v) is 6.22. The minimum absolute atomic E-state index is 0.138. The molecule has 0 saturated carbocycles. The smallest absolute Gasteiger partial charge is 0.334 e. The first kappa shape index (κ1) is 17.6. The third kappa shape index (κ3) is 9.58. The third-order valence-corrected chi connectivity index (χ3v) is 3.70. The first-order chi connectivity index (χ1) is 8.61. The lowest BCUT2D eigenvalue weighted by Gasteiger charge is -2.09. The van der Waals surface area contributed by atoms with Crippen LogP contribution in [0.4, 0.5) is 0 Å². The molecular weight excluding hydrogens is 244 g/mol. The number of thioether (sulfide) groups is 1. The van der Waals surface area contributed by atoms with Gasteiger partial charge in [0, 0.05) is 11.3 Å². The highest BCUT2D eigenvalue weighted by Gasteiger charge is 2.10. The molecule has 0 fully saturated rings. The maximum Gasteiger partial charge on any atom is 0.334 e. The van der Waals surface area contributed by atoms with Crippen LogP contribution < -0.4 is 0 Å². The summed E-state index contributed by atoms with van der Waals surface area (Å²) < 4.78 is 5.09. The van der Waals surface area contributed by atoms with Crippen LogP contribution >= 0.6 is 11.8 Å². The summed E-state index contributed by atoms with van der Waals surface area (Å²) in [5.41, 5.74) is 0.840. The zero-order chi connectivity index (χ0) is 13.8. The van der Waals surface area contributed by atoms with Crippen LogP contribution in [0.5, 0.6) is 0 Å². The van der Waals surface area contributed by atoms with E-state index < -0.39 is 0 Å². The largest absolute Gasteiger partial charge is 0.463 e. The van der Waals surface area contributed by atoms with E-state index in [-0.39, 0.29) is 5.97 Å². The molecule has 0 bridgehead atoms. The summed E-state index contributed by atoms with van der Waals surface area (Å²) in [5.74, 6) is 0.630. The molecule has 0 radical (unpaired) electrons. The van der Waals surface area contributed by atoms with Crippen molar-refractivity contribution in [2.24, 2.45) is 0 Å². The molecule has 0 heterocycles. The van der Waals surface area contributed by atoms with Crippen LogP contribution in [0.2, 0.25) is 0 Å². The molecule has 0 aliphatic rings. The minimum atomic E-state index is -0.138. The van der Waals surface area contributed by atoms with Gasteiger partial charge in [0.2, 0.25) is 0 Å². The molecule has 0 atom stereocenters. The molecule has 0 aromatic heterocycles. The van der Waals surface area contributed by atoms with Gasteiger partial charge in [-0.3, -0.25) is 0 Å². The van der Waals surface area contributed by atoms with Crippen molar-refractivity contribution in [3.8, 4) is 0 Å². The van der Waals surface area contributed by atoms with Gasteiger partial charge >= 0.3 is 5.97 Å². The van der Waals surface area contributed by atoms with E-state index in [2.05, 4.69) is 26.8 Å². The van der Waals surface area contributed by atoms with E-state index in [0.29, 0.717) is 11.9 Å². The summed E-state index contributed by atoms with van der Waals surface area (Å²) in [7, 11) is 0. The van der Waals surface area contributed by atoms with Gasteiger partial charge in [-0.15, -0.1) is 0 Å². The van der Waals surface area contributed by atoms with Crippen molar-refractivity contribution in [3.63, 3.8) is 0 Å². The molecular formula is C15H28O2S. The fraction of sp³-hybridized carbons (Fsp3) is 0.800. The van der Waals surface area contributed by atoms with Crippen LogP contribution in [0.1, 0.15) is 59.8 Å². The van der Waals surface area contributed by atoms with Crippen molar-refractivity contribution < 1.29 is 9.53 Å². The second kappa shape index (κ2) is 11.6. The Balaban J connectivity index is 4.17. The molecule has 3 heteroatoms. The number of unbranched alkanes of at least 4 members (excludes halogenated alkanes) is 4. The highest BCUT2D eigenvalue weighted by Crippen LogP contribution is 2.16. The normalized spacial score (nSPS) is 11.9. The molecule has 18 heavy (non-hydrogen) atoms. The Morgan fingerprint density at radius 2 is 1.94 bits per heavy atom. The maximum absolute atomic E-state index is 11.8. The second-order valence-electron chi connectivity index (χ2n) is 4.66. The van der Waals surface area contributed by atoms with Crippen LogP contribution in [-0.2, 0) is 9.53 Å². The van der Waals surface area contributed by atoms with Crippen LogP contribution in [0, 0.1) is 0 Å². The van der Waals surface area contributed by atoms with Gasteiger partial charge in [-0.1, -0.05) is 46.1 Å². The lowest BCUT2D eigenvalue weighted by Crippen LogP contribution is -2.10. The Kier molecular flexibility index (Phi) is 11.4. The Morgan fingerprint density at radius 3 is 2.50 bits per heavy atom. The van der Waals surface area contributed by atoms with Gasteiger partial charge in [0.05, 0.1) is 6.61 Å². The Morgan fingerprint density at radius 1 is 1.22 bits per heavy atom. The number of ether oxygens (including phenoxy) is 1. The van der Waals surface area contributed by atoms with Gasteiger partial charge in [0.15, 0.2) is 0 Å². The van der Waals surface area contributed by atoms with E-state index in [0.717, 1.165) is 17.7 Å². The topological polar surface area (TPSA) is 26.3 Å². The fourth-order valence-corrected chi connectivity index (χ4v) is 2.28. The van der Waals surface area contributed by atoms with E-state index >= 15 is 0 Å². The molecule has 0 aliphatic carbocycles. The van der Waals surface area contributed by atoms with Crippen molar-refractivity contribution in [3.05, 3.63) is 11.6 Å². The molecule has 0 amide bonds. The average molecular weight is 272 g/mol. The first-order valence-electron chi connectivity index (χ1n) is 7.09. The molecule has 0 N–H and O–H groups in total.